The third-order valence-corrected chi connectivity index (χ3v) is 4.96. The van der Waals surface area contributed by atoms with Crippen LogP contribution in [-0.2, 0) is 11.3 Å². The van der Waals surface area contributed by atoms with E-state index < -0.39 is 0 Å². The monoisotopic (exact) mass is 375 g/mol. The minimum atomic E-state index is -0.0878. The fourth-order valence-corrected chi connectivity index (χ4v) is 3.37. The Labute approximate surface area is 162 Å². The van der Waals surface area contributed by atoms with Crippen molar-refractivity contribution in [2.45, 2.75) is 13.0 Å². The molecule has 3 aromatic rings. The van der Waals surface area contributed by atoms with Crippen molar-refractivity contribution in [3.05, 3.63) is 71.7 Å². The van der Waals surface area contributed by atoms with Gasteiger partial charge in [0.1, 0.15) is 5.65 Å². The SMILES string of the molecule is C=CC(=O)N1CC(CCn2c(=O)ccc3cnc(Nc4ccccc4)nc32)C1. The number of nitrogens with zero attached hydrogens (tertiary/aromatic N) is 4. The molecule has 1 aliphatic heterocycles. The maximum atomic E-state index is 12.4. The number of pyridine rings is 1. The van der Waals surface area contributed by atoms with Crippen molar-refractivity contribution in [2.75, 3.05) is 18.4 Å². The fourth-order valence-electron chi connectivity index (χ4n) is 3.37. The van der Waals surface area contributed by atoms with Crippen molar-refractivity contribution in [1.29, 1.82) is 0 Å². The van der Waals surface area contributed by atoms with Gasteiger partial charge in [-0.25, -0.2) is 4.98 Å². The van der Waals surface area contributed by atoms with Crippen molar-refractivity contribution in [2.24, 2.45) is 5.92 Å². The smallest absolute Gasteiger partial charge is 0.252 e. The van der Waals surface area contributed by atoms with E-state index in [1.807, 2.05) is 30.3 Å². The molecule has 0 bridgehead atoms. The summed E-state index contributed by atoms with van der Waals surface area (Å²) in [5, 5.41) is 3.98. The van der Waals surface area contributed by atoms with Crippen molar-refractivity contribution < 1.29 is 4.79 Å². The Balaban J connectivity index is 1.53. The average molecular weight is 375 g/mol. The van der Waals surface area contributed by atoms with E-state index >= 15 is 0 Å². The minimum absolute atomic E-state index is 0.0389. The van der Waals surface area contributed by atoms with Crippen LogP contribution < -0.4 is 10.9 Å². The van der Waals surface area contributed by atoms with Gasteiger partial charge < -0.3 is 10.2 Å². The van der Waals surface area contributed by atoms with Crippen molar-refractivity contribution in [3.8, 4) is 0 Å². The van der Waals surface area contributed by atoms with Gasteiger partial charge in [-0.2, -0.15) is 4.98 Å². The summed E-state index contributed by atoms with van der Waals surface area (Å²) in [6, 6.07) is 12.9. The first kappa shape index (κ1) is 17.9. The zero-order chi connectivity index (χ0) is 19.5. The van der Waals surface area contributed by atoms with E-state index in [0.717, 1.165) is 17.5 Å². The van der Waals surface area contributed by atoms with E-state index in [4.69, 9.17) is 0 Å². The maximum Gasteiger partial charge on any atom is 0.252 e. The normalized spacial score (nSPS) is 13.9. The van der Waals surface area contributed by atoms with Gasteiger partial charge in [-0.1, -0.05) is 24.8 Å². The number of hydrogen-bond donors (Lipinski definition) is 1. The predicted octanol–water partition coefficient (Wildman–Crippen LogP) is 2.57. The van der Waals surface area contributed by atoms with E-state index in [2.05, 4.69) is 21.9 Å². The molecule has 28 heavy (non-hydrogen) atoms. The summed E-state index contributed by atoms with van der Waals surface area (Å²) in [5.41, 5.74) is 1.41. The number of rotatable bonds is 6. The molecule has 7 nitrogen and oxygen atoms in total. The van der Waals surface area contributed by atoms with Crippen LogP contribution in [-0.4, -0.2) is 38.4 Å². The van der Waals surface area contributed by atoms with Crippen LogP contribution in [0.4, 0.5) is 11.6 Å². The number of nitrogens with one attached hydrogen (secondary N) is 1. The number of carbonyl (C=O) groups is 1. The van der Waals surface area contributed by atoms with Crippen molar-refractivity contribution in [3.63, 3.8) is 0 Å². The first-order chi connectivity index (χ1) is 13.6. The molecular weight excluding hydrogens is 354 g/mol. The summed E-state index contributed by atoms with van der Waals surface area (Å²) < 4.78 is 1.69. The Bertz CT molecular complexity index is 1070. The first-order valence-corrected chi connectivity index (χ1v) is 9.24. The quantitative estimate of drug-likeness (QED) is 0.670. The lowest BCUT2D eigenvalue weighted by Gasteiger charge is -2.38. The van der Waals surface area contributed by atoms with E-state index in [1.54, 1.807) is 27.8 Å². The topological polar surface area (TPSA) is 80.1 Å². The van der Waals surface area contributed by atoms with Gasteiger partial charge in [0.2, 0.25) is 11.9 Å². The number of aryl methyl sites for hydroxylation is 1. The van der Waals surface area contributed by atoms with Crippen LogP contribution in [0.3, 0.4) is 0 Å². The molecule has 0 unspecified atom stereocenters. The van der Waals surface area contributed by atoms with Crippen LogP contribution in [0, 0.1) is 5.92 Å². The summed E-state index contributed by atoms with van der Waals surface area (Å²) in [5.74, 6) is 0.794. The van der Waals surface area contributed by atoms with Crippen LogP contribution in [0.2, 0.25) is 0 Å². The molecule has 4 rings (SSSR count). The van der Waals surface area contributed by atoms with Gasteiger partial charge in [0.05, 0.1) is 0 Å². The highest BCUT2D eigenvalue weighted by Gasteiger charge is 2.28. The van der Waals surface area contributed by atoms with Gasteiger partial charge in [0, 0.05) is 43.0 Å². The molecule has 3 heterocycles. The van der Waals surface area contributed by atoms with Crippen LogP contribution in [0.1, 0.15) is 6.42 Å². The second kappa shape index (κ2) is 7.64. The van der Waals surface area contributed by atoms with E-state index in [-0.39, 0.29) is 11.5 Å². The number of carbonyl (C=O) groups excluding carboxylic acids is 1. The molecule has 0 saturated carbocycles. The molecule has 0 aliphatic carbocycles. The minimum Gasteiger partial charge on any atom is -0.338 e. The molecule has 2 aromatic heterocycles. The molecular formula is C21H21N5O2. The summed E-state index contributed by atoms with van der Waals surface area (Å²) >= 11 is 0. The van der Waals surface area contributed by atoms with Crippen LogP contribution >= 0.6 is 0 Å². The Hall–Kier alpha value is -3.48. The molecule has 0 spiro atoms. The lowest BCUT2D eigenvalue weighted by Crippen LogP contribution is -2.49. The zero-order valence-corrected chi connectivity index (χ0v) is 15.4. The molecule has 1 N–H and O–H groups in total. The highest BCUT2D eigenvalue weighted by molar-refractivity contribution is 5.87. The Morgan fingerprint density at radius 1 is 1.21 bits per heavy atom. The maximum absolute atomic E-state index is 12.4. The second-order valence-electron chi connectivity index (χ2n) is 6.89. The van der Waals surface area contributed by atoms with E-state index in [1.165, 1.54) is 6.08 Å². The Kier molecular flexibility index (Phi) is 4.89. The first-order valence-electron chi connectivity index (χ1n) is 9.24. The largest absolute Gasteiger partial charge is 0.338 e. The third kappa shape index (κ3) is 3.64. The lowest BCUT2D eigenvalue weighted by atomic mass is 9.96. The molecule has 0 radical (unpaired) electrons. The summed E-state index contributed by atoms with van der Waals surface area (Å²) in [4.78, 5) is 34.7. The molecule has 1 fully saturated rings. The molecule has 0 atom stereocenters. The Morgan fingerprint density at radius 3 is 2.75 bits per heavy atom. The number of likely N-dealkylation sites (tertiary alicyclic amines) is 1. The van der Waals surface area contributed by atoms with Gasteiger partial charge in [0.25, 0.3) is 5.56 Å². The summed E-state index contributed by atoms with van der Waals surface area (Å²) in [7, 11) is 0. The van der Waals surface area contributed by atoms with Gasteiger partial charge in [0.15, 0.2) is 0 Å². The summed E-state index contributed by atoms with van der Waals surface area (Å²) in [6.45, 7) is 5.48. The molecule has 7 heteroatoms. The number of para-hydroxylation sites is 1. The van der Waals surface area contributed by atoms with Crippen LogP contribution in [0.5, 0.6) is 0 Å². The molecule has 1 aromatic carbocycles. The second-order valence-corrected chi connectivity index (χ2v) is 6.89. The highest BCUT2D eigenvalue weighted by Crippen LogP contribution is 2.21. The molecule has 142 valence electrons. The van der Waals surface area contributed by atoms with Gasteiger partial charge >= 0.3 is 0 Å². The number of anilines is 2. The third-order valence-electron chi connectivity index (χ3n) is 4.96. The number of amides is 1. The predicted molar refractivity (Wildman–Crippen MR) is 108 cm³/mol. The zero-order valence-electron chi connectivity index (χ0n) is 15.4. The van der Waals surface area contributed by atoms with E-state index in [0.29, 0.717) is 37.1 Å². The highest BCUT2D eigenvalue weighted by atomic mass is 16.2. The van der Waals surface area contributed by atoms with Gasteiger partial charge in [-0.15, -0.1) is 0 Å². The van der Waals surface area contributed by atoms with E-state index in [9.17, 15) is 9.59 Å². The van der Waals surface area contributed by atoms with Crippen molar-refractivity contribution in [1.82, 2.24) is 19.4 Å². The van der Waals surface area contributed by atoms with Crippen LogP contribution in [0.15, 0.2) is 66.1 Å². The summed E-state index contributed by atoms with van der Waals surface area (Å²) in [6.07, 6.45) is 3.87. The Morgan fingerprint density at radius 2 is 2.00 bits per heavy atom. The number of benzene rings is 1. The van der Waals surface area contributed by atoms with Gasteiger partial charge in [-0.05, 0) is 36.6 Å². The number of hydrogen-bond acceptors (Lipinski definition) is 5. The fraction of sp³-hybridized carbons (Fsp3) is 0.238. The standard InChI is InChI=1S/C21H21N5O2/c1-2-18(27)25-13-15(14-25)10-11-26-19(28)9-8-16-12-22-21(24-20(16)26)23-17-6-4-3-5-7-17/h2-9,12,15H,1,10-11,13-14H2,(H,22,23,24). The number of fused-ring (bicyclic) bond motifs is 1. The molecule has 1 amide bonds. The molecule has 1 aliphatic rings. The lowest BCUT2D eigenvalue weighted by molar-refractivity contribution is -0.132. The average Bonchev–Trinajstić information content (AvgIpc) is 2.68. The van der Waals surface area contributed by atoms with Gasteiger partial charge in [-0.3, -0.25) is 14.2 Å². The van der Waals surface area contributed by atoms with Crippen LogP contribution in [0.25, 0.3) is 11.0 Å². The molecule has 1 saturated heterocycles. The van der Waals surface area contributed by atoms with Crippen molar-refractivity contribution >= 4 is 28.6 Å². The number of aromatic nitrogens is 3.